The Balaban J connectivity index is 1.10. The lowest BCUT2D eigenvalue weighted by Gasteiger charge is -2.11. The van der Waals surface area contributed by atoms with Crippen LogP contribution in [-0.4, -0.2) is 24.5 Å². The van der Waals surface area contributed by atoms with Crippen LogP contribution in [0.15, 0.2) is 168 Å². The van der Waals surface area contributed by atoms with Gasteiger partial charge in [-0.05, 0) is 76.1 Å². The summed E-state index contributed by atoms with van der Waals surface area (Å²) in [5, 5.41) is 9.12. The van der Waals surface area contributed by atoms with E-state index in [2.05, 4.69) is 137 Å². The fraction of sp³-hybridized carbons (Fsp3) is 0. The van der Waals surface area contributed by atoms with E-state index in [9.17, 15) is 0 Å². The minimum absolute atomic E-state index is 0.573. The maximum atomic E-state index is 6.21. The van der Waals surface area contributed by atoms with Crippen molar-refractivity contribution in [2.45, 2.75) is 0 Å². The van der Waals surface area contributed by atoms with Crippen LogP contribution < -0.4 is 0 Å². The van der Waals surface area contributed by atoms with E-state index < -0.39 is 0 Å². The molecule has 0 saturated heterocycles. The van der Waals surface area contributed by atoms with Gasteiger partial charge in [-0.15, -0.1) is 0 Å². The molecule has 0 spiro atoms. The first kappa shape index (κ1) is 28.6. The van der Waals surface area contributed by atoms with Crippen LogP contribution in [0.5, 0.6) is 0 Å². The monoisotopic (exact) mass is 665 g/mol. The summed E-state index contributed by atoms with van der Waals surface area (Å²) in [6, 6.07) is 52.8. The normalized spacial score (nSPS) is 11.8. The Morgan fingerprint density at radius 3 is 2.04 bits per heavy atom. The molecular formula is C46H27N5O. The van der Waals surface area contributed by atoms with Crippen LogP contribution >= 0.6 is 0 Å². The van der Waals surface area contributed by atoms with Crippen LogP contribution in [0.25, 0.3) is 105 Å². The molecule has 0 aliphatic heterocycles. The fourth-order valence-electron chi connectivity index (χ4n) is 7.72. The molecule has 7 aromatic carbocycles. The molecule has 0 fully saturated rings. The average molecular weight is 666 g/mol. The molecule has 4 aromatic heterocycles. The molecule has 6 heteroatoms. The van der Waals surface area contributed by atoms with Crippen molar-refractivity contribution in [1.82, 2.24) is 24.5 Å². The van der Waals surface area contributed by atoms with Gasteiger partial charge in [0.15, 0.2) is 17.5 Å². The zero-order valence-electron chi connectivity index (χ0n) is 27.7. The Bertz CT molecular complexity index is 3190. The van der Waals surface area contributed by atoms with Gasteiger partial charge in [-0.3, -0.25) is 4.98 Å². The number of para-hydroxylation sites is 1. The first-order valence-corrected chi connectivity index (χ1v) is 17.3. The highest BCUT2D eigenvalue weighted by Crippen LogP contribution is 2.39. The Hall–Kier alpha value is -7.18. The van der Waals surface area contributed by atoms with Crippen LogP contribution in [-0.2, 0) is 0 Å². The van der Waals surface area contributed by atoms with E-state index in [1.54, 1.807) is 6.20 Å². The predicted octanol–water partition coefficient (Wildman–Crippen LogP) is 11.6. The smallest absolute Gasteiger partial charge is 0.164 e. The van der Waals surface area contributed by atoms with E-state index in [1.807, 2.05) is 30.5 Å². The molecule has 0 aliphatic carbocycles. The topological polar surface area (TPSA) is 69.6 Å². The number of furan rings is 1. The Kier molecular flexibility index (Phi) is 6.15. The predicted molar refractivity (Wildman–Crippen MR) is 211 cm³/mol. The number of aromatic nitrogens is 5. The molecule has 0 unspecified atom stereocenters. The van der Waals surface area contributed by atoms with E-state index in [0.717, 1.165) is 60.6 Å². The lowest BCUT2D eigenvalue weighted by Crippen LogP contribution is -2.01. The maximum Gasteiger partial charge on any atom is 0.164 e. The minimum Gasteiger partial charge on any atom is -0.456 e. The van der Waals surface area contributed by atoms with Crippen LogP contribution in [0.4, 0.5) is 0 Å². The summed E-state index contributed by atoms with van der Waals surface area (Å²) in [4.78, 5) is 19.7. The second-order valence-electron chi connectivity index (χ2n) is 13.1. The minimum atomic E-state index is 0.573. The SMILES string of the molecule is c1ccc2cc(-c3nc(-c4ccc(-n5c6ccccc6c6c7ccccc7ccc65)cc4)nc(-c4cccc5oc6ccncc6c45)n3)ccc2c1. The third-order valence-electron chi connectivity index (χ3n) is 10.1. The van der Waals surface area contributed by atoms with Crippen molar-refractivity contribution in [3.63, 3.8) is 0 Å². The van der Waals surface area contributed by atoms with Gasteiger partial charge in [0, 0.05) is 56.3 Å². The molecule has 0 aliphatic rings. The zero-order valence-corrected chi connectivity index (χ0v) is 27.7. The summed E-state index contributed by atoms with van der Waals surface area (Å²) >= 11 is 0. The Morgan fingerprint density at radius 2 is 1.15 bits per heavy atom. The average Bonchev–Trinajstić information content (AvgIpc) is 3.77. The standard InChI is InChI=1S/C46H27N5O/c1-2-10-31-26-32(17-16-28(31)8-1)45-48-44(49-46(50-45)36-13-7-15-41-43(36)37-27-47-25-24-40(37)52-41)30-18-21-33(22-19-30)51-38-14-6-5-12-35(38)42-34-11-4-3-9-29(34)20-23-39(42)51/h1-27H. The molecule has 0 atom stereocenters. The summed E-state index contributed by atoms with van der Waals surface area (Å²) in [7, 11) is 0. The van der Waals surface area contributed by atoms with Gasteiger partial charge in [0.05, 0.1) is 11.0 Å². The van der Waals surface area contributed by atoms with Crippen molar-refractivity contribution >= 4 is 65.3 Å². The van der Waals surface area contributed by atoms with Gasteiger partial charge in [-0.25, -0.2) is 15.0 Å². The number of benzene rings is 7. The Morgan fingerprint density at radius 1 is 0.442 bits per heavy atom. The first-order chi connectivity index (χ1) is 25.8. The van der Waals surface area contributed by atoms with E-state index in [4.69, 9.17) is 19.4 Å². The lowest BCUT2D eigenvalue weighted by atomic mass is 10.0. The quantitative estimate of drug-likeness (QED) is 0.187. The van der Waals surface area contributed by atoms with Crippen LogP contribution in [0.3, 0.4) is 0 Å². The number of rotatable bonds is 4. The number of hydrogen-bond donors (Lipinski definition) is 0. The van der Waals surface area contributed by atoms with E-state index >= 15 is 0 Å². The van der Waals surface area contributed by atoms with Crippen molar-refractivity contribution in [2.24, 2.45) is 0 Å². The molecule has 0 saturated carbocycles. The van der Waals surface area contributed by atoms with Gasteiger partial charge in [0.1, 0.15) is 11.2 Å². The van der Waals surface area contributed by atoms with Crippen molar-refractivity contribution < 1.29 is 4.42 Å². The number of pyridine rings is 1. The fourth-order valence-corrected chi connectivity index (χ4v) is 7.72. The van der Waals surface area contributed by atoms with Crippen molar-refractivity contribution in [2.75, 3.05) is 0 Å². The molecule has 4 heterocycles. The van der Waals surface area contributed by atoms with Crippen molar-refractivity contribution in [1.29, 1.82) is 0 Å². The number of fused-ring (bicyclic) bond motifs is 9. The second kappa shape index (κ2) is 11.2. The number of hydrogen-bond acceptors (Lipinski definition) is 5. The molecule has 0 amide bonds. The second-order valence-corrected chi connectivity index (χ2v) is 13.1. The summed E-state index contributed by atoms with van der Waals surface area (Å²) in [6.07, 6.45) is 3.58. The van der Waals surface area contributed by atoms with Crippen LogP contribution in [0, 0.1) is 0 Å². The van der Waals surface area contributed by atoms with Gasteiger partial charge in [-0.2, -0.15) is 0 Å². The number of nitrogens with zero attached hydrogens (tertiary/aromatic N) is 5. The van der Waals surface area contributed by atoms with Crippen LogP contribution in [0.1, 0.15) is 0 Å². The van der Waals surface area contributed by atoms with Gasteiger partial charge in [0.2, 0.25) is 0 Å². The first-order valence-electron chi connectivity index (χ1n) is 17.3. The van der Waals surface area contributed by atoms with Gasteiger partial charge in [0.25, 0.3) is 0 Å². The highest BCUT2D eigenvalue weighted by molar-refractivity contribution is 6.21. The largest absolute Gasteiger partial charge is 0.456 e. The molecule has 11 rings (SSSR count). The molecule has 0 bridgehead atoms. The molecule has 6 nitrogen and oxygen atoms in total. The highest BCUT2D eigenvalue weighted by Gasteiger charge is 2.19. The van der Waals surface area contributed by atoms with E-state index in [0.29, 0.717) is 17.5 Å². The molecule has 0 N–H and O–H groups in total. The summed E-state index contributed by atoms with van der Waals surface area (Å²) < 4.78 is 8.56. The van der Waals surface area contributed by atoms with E-state index in [1.165, 1.54) is 27.1 Å². The van der Waals surface area contributed by atoms with E-state index in [-0.39, 0.29) is 0 Å². The Labute approximate surface area is 297 Å². The maximum absolute atomic E-state index is 6.21. The van der Waals surface area contributed by atoms with Gasteiger partial charge >= 0.3 is 0 Å². The summed E-state index contributed by atoms with van der Waals surface area (Å²) in [5.74, 6) is 1.77. The molecule has 242 valence electrons. The molecule has 52 heavy (non-hydrogen) atoms. The van der Waals surface area contributed by atoms with Crippen molar-refractivity contribution in [3.05, 3.63) is 164 Å². The lowest BCUT2D eigenvalue weighted by molar-refractivity contribution is 0.668. The summed E-state index contributed by atoms with van der Waals surface area (Å²) in [5.41, 5.74) is 7.62. The third kappa shape index (κ3) is 4.38. The van der Waals surface area contributed by atoms with Crippen molar-refractivity contribution in [3.8, 4) is 39.9 Å². The molecule has 11 aromatic rings. The third-order valence-corrected chi connectivity index (χ3v) is 10.1. The molecular weight excluding hydrogens is 639 g/mol. The highest BCUT2D eigenvalue weighted by atomic mass is 16.3. The summed E-state index contributed by atoms with van der Waals surface area (Å²) in [6.45, 7) is 0. The van der Waals surface area contributed by atoms with Gasteiger partial charge in [-0.1, -0.05) is 97.1 Å². The van der Waals surface area contributed by atoms with Gasteiger partial charge < -0.3 is 8.98 Å². The van der Waals surface area contributed by atoms with Crippen LogP contribution in [0.2, 0.25) is 0 Å². The zero-order chi connectivity index (χ0) is 34.2. The molecule has 0 radical (unpaired) electrons.